The summed E-state index contributed by atoms with van der Waals surface area (Å²) in [5, 5.41) is 8.10. The SMILES string of the molecule is C[As](C)(O)CC(=O)O. The van der Waals surface area contributed by atoms with Crippen LogP contribution in [-0.4, -0.2) is 29.1 Å². The predicted octanol–water partition coefficient (Wildman–Crippen LogP) is 0.268. The van der Waals surface area contributed by atoms with E-state index in [2.05, 4.69) is 0 Å². The number of rotatable bonds is 2. The molecule has 0 saturated carbocycles. The number of hydrogen-bond acceptors (Lipinski definition) is 2. The van der Waals surface area contributed by atoms with E-state index in [1.165, 1.54) is 0 Å². The van der Waals surface area contributed by atoms with Crippen molar-refractivity contribution in [1.29, 1.82) is 0 Å². The van der Waals surface area contributed by atoms with E-state index in [1.54, 1.807) is 11.4 Å². The van der Waals surface area contributed by atoms with Crippen molar-refractivity contribution in [3.05, 3.63) is 0 Å². The van der Waals surface area contributed by atoms with Crippen LogP contribution in [0, 0.1) is 0 Å². The monoisotopic (exact) mass is 181 g/mol. The zero-order valence-electron chi connectivity index (χ0n) is 4.96. The van der Waals surface area contributed by atoms with Gasteiger partial charge in [0.1, 0.15) is 0 Å². The van der Waals surface area contributed by atoms with E-state index in [1.807, 2.05) is 0 Å². The van der Waals surface area contributed by atoms with Gasteiger partial charge in [0, 0.05) is 0 Å². The molecule has 0 rings (SSSR count). The van der Waals surface area contributed by atoms with Crippen LogP contribution in [0.15, 0.2) is 0 Å². The van der Waals surface area contributed by atoms with Gasteiger partial charge in [-0.1, -0.05) is 0 Å². The first kappa shape index (κ1) is 7.99. The van der Waals surface area contributed by atoms with Gasteiger partial charge in [0.05, 0.1) is 0 Å². The van der Waals surface area contributed by atoms with Crippen LogP contribution in [0.3, 0.4) is 0 Å². The van der Waals surface area contributed by atoms with Crippen molar-refractivity contribution >= 4 is 19.9 Å². The third kappa shape index (κ3) is 5.99. The average Bonchev–Trinajstić information content (AvgIpc) is 1.21. The second kappa shape index (κ2) is 2.51. The van der Waals surface area contributed by atoms with E-state index >= 15 is 0 Å². The van der Waals surface area contributed by atoms with Gasteiger partial charge >= 0.3 is 50.5 Å². The fourth-order valence-corrected chi connectivity index (χ4v) is 1.72. The Morgan fingerprint density at radius 1 is 1.62 bits per heavy atom. The van der Waals surface area contributed by atoms with Gasteiger partial charge in [0.2, 0.25) is 0 Å². The van der Waals surface area contributed by atoms with E-state index in [0.717, 1.165) is 0 Å². The molecule has 0 fully saturated rings. The molecule has 1 radical (unpaired) electrons. The number of hydrogen-bond donors (Lipinski definition) is 2. The zero-order valence-corrected chi connectivity index (χ0v) is 6.83. The van der Waals surface area contributed by atoms with Gasteiger partial charge in [-0.05, 0) is 0 Å². The third-order valence-corrected chi connectivity index (χ3v) is 2.71. The first-order valence-electron chi connectivity index (χ1n) is 2.19. The third-order valence-electron chi connectivity index (χ3n) is 0.522. The minimum absolute atomic E-state index is 0.0295. The molecule has 0 aliphatic rings. The number of carbonyl (C=O) groups is 1. The van der Waals surface area contributed by atoms with Crippen LogP contribution in [0.4, 0.5) is 0 Å². The predicted molar refractivity (Wildman–Crippen MR) is 32.1 cm³/mol. The second-order valence-corrected chi connectivity index (χ2v) is 9.64. The Balaban J connectivity index is 3.55. The molecule has 2 N–H and O–H groups in total. The molecular weight excluding hydrogens is 171 g/mol. The van der Waals surface area contributed by atoms with Gasteiger partial charge in [0.25, 0.3) is 0 Å². The van der Waals surface area contributed by atoms with Crippen molar-refractivity contribution in [3.63, 3.8) is 0 Å². The Hall–Kier alpha value is -0.0116. The first-order valence-corrected chi connectivity index (χ1v) is 8.11. The van der Waals surface area contributed by atoms with Gasteiger partial charge in [0.15, 0.2) is 0 Å². The Labute approximate surface area is 51.1 Å². The molecule has 0 spiro atoms. The molecule has 0 amide bonds. The Morgan fingerprint density at radius 2 is 2.00 bits per heavy atom. The first-order chi connectivity index (χ1) is 3.42. The summed E-state index contributed by atoms with van der Waals surface area (Å²) < 4.78 is 8.98. The van der Waals surface area contributed by atoms with Crippen LogP contribution < -0.4 is 0 Å². The summed E-state index contributed by atoms with van der Waals surface area (Å²) in [6, 6.07) is 0. The number of aliphatic carboxylic acids is 1. The van der Waals surface area contributed by atoms with Crippen molar-refractivity contribution < 1.29 is 14.0 Å². The molecule has 0 saturated heterocycles. The zero-order chi connectivity index (χ0) is 6.78. The van der Waals surface area contributed by atoms with Crippen LogP contribution in [0.5, 0.6) is 0 Å². The van der Waals surface area contributed by atoms with Crippen LogP contribution in [0.1, 0.15) is 0 Å². The molecule has 0 aromatic heterocycles. The van der Waals surface area contributed by atoms with Gasteiger partial charge in [-0.15, -0.1) is 0 Å². The summed E-state index contributed by atoms with van der Waals surface area (Å²) in [6.45, 7) is 0. The Morgan fingerprint density at radius 3 is 2.00 bits per heavy atom. The van der Waals surface area contributed by atoms with Crippen molar-refractivity contribution in [3.8, 4) is 0 Å². The molecule has 3 nitrogen and oxygen atoms in total. The molecule has 8 heavy (non-hydrogen) atoms. The van der Waals surface area contributed by atoms with Crippen LogP contribution in [-0.2, 0) is 4.79 Å². The Bertz CT molecular complexity index is 93.9. The second-order valence-electron chi connectivity index (χ2n) is 2.17. The van der Waals surface area contributed by atoms with E-state index in [0.29, 0.717) is 0 Å². The fraction of sp³-hybridized carbons (Fsp3) is 0.750. The van der Waals surface area contributed by atoms with Crippen molar-refractivity contribution in [2.24, 2.45) is 0 Å². The van der Waals surface area contributed by atoms with E-state index in [-0.39, 0.29) is 5.21 Å². The van der Waals surface area contributed by atoms with Gasteiger partial charge in [-0.2, -0.15) is 0 Å². The summed E-state index contributed by atoms with van der Waals surface area (Å²) >= 11 is -2.61. The standard InChI is InChI=1S/C4H10AsO3/c1-5(2,8)3-4(6)7/h8H,3H2,1-2H3,(H,6,7). The molecule has 0 bridgehead atoms. The molecule has 0 atom stereocenters. The van der Waals surface area contributed by atoms with Crippen molar-refractivity contribution in [2.75, 3.05) is 0 Å². The van der Waals surface area contributed by atoms with Crippen molar-refractivity contribution in [1.82, 2.24) is 0 Å². The number of carboxylic acids is 1. The molecule has 4 heteroatoms. The van der Waals surface area contributed by atoms with E-state index in [9.17, 15) is 4.79 Å². The molecule has 0 aromatic rings. The molecule has 0 aliphatic carbocycles. The summed E-state index contributed by atoms with van der Waals surface area (Å²) in [5.41, 5.74) is 3.26. The maximum absolute atomic E-state index is 9.90. The molecular formula is C4H10AsO3. The average molecular weight is 181 g/mol. The minimum atomic E-state index is -2.61. The van der Waals surface area contributed by atoms with Gasteiger partial charge in [-0.3, -0.25) is 0 Å². The normalized spacial score (nSPS) is 11.4. The van der Waals surface area contributed by atoms with E-state index in [4.69, 9.17) is 9.20 Å². The molecule has 49 valence electrons. The molecule has 0 heterocycles. The number of carboxylic acid groups (broad SMARTS) is 1. The van der Waals surface area contributed by atoms with E-state index < -0.39 is 19.9 Å². The topological polar surface area (TPSA) is 57.5 Å². The van der Waals surface area contributed by atoms with Gasteiger partial charge in [-0.25, -0.2) is 0 Å². The van der Waals surface area contributed by atoms with Crippen LogP contribution in [0.2, 0.25) is 16.6 Å². The summed E-state index contributed by atoms with van der Waals surface area (Å²) in [4.78, 5) is 9.90. The summed E-state index contributed by atoms with van der Waals surface area (Å²) in [7, 11) is 0. The fourth-order valence-electron chi connectivity index (χ4n) is 0.331. The van der Waals surface area contributed by atoms with Crippen LogP contribution >= 0.6 is 0 Å². The molecule has 0 unspecified atom stereocenters. The maximum atomic E-state index is 9.90. The van der Waals surface area contributed by atoms with Crippen molar-refractivity contribution in [2.45, 2.75) is 16.6 Å². The quantitative estimate of drug-likeness (QED) is 0.601. The summed E-state index contributed by atoms with van der Waals surface area (Å²) in [6.07, 6.45) is 0. The molecule has 0 aromatic carbocycles. The Kier molecular flexibility index (Phi) is 2.51. The van der Waals surface area contributed by atoms with Crippen LogP contribution in [0.25, 0.3) is 0 Å². The summed E-state index contributed by atoms with van der Waals surface area (Å²) in [5.74, 6) is -0.898. The van der Waals surface area contributed by atoms with Gasteiger partial charge < -0.3 is 0 Å². The molecule has 0 aliphatic heterocycles.